The highest BCUT2D eigenvalue weighted by atomic mass is 79.9. The van der Waals surface area contributed by atoms with Crippen molar-refractivity contribution in [3.63, 3.8) is 0 Å². The van der Waals surface area contributed by atoms with Crippen molar-refractivity contribution in [2.75, 3.05) is 19.5 Å². The molecule has 0 aliphatic heterocycles. The average molecular weight is 295 g/mol. The van der Waals surface area contributed by atoms with E-state index in [1.54, 1.807) is 14.2 Å². The van der Waals surface area contributed by atoms with Crippen LogP contribution in [0, 0.1) is 0 Å². The van der Waals surface area contributed by atoms with Crippen molar-refractivity contribution >= 4 is 26.7 Å². The van der Waals surface area contributed by atoms with Gasteiger partial charge in [0.2, 0.25) is 0 Å². The quantitative estimate of drug-likeness (QED) is 0.796. The third-order valence-electron chi connectivity index (χ3n) is 2.90. The standard InChI is InChI=1S/C14H15BrO2/c1-16-12-8-7-10-5-3-4-6-11(10)14(12)13(9-15)17-2/h3-8,13H,9H2,1-2H3. The van der Waals surface area contributed by atoms with Gasteiger partial charge in [0.05, 0.1) is 13.2 Å². The van der Waals surface area contributed by atoms with Gasteiger partial charge in [0.1, 0.15) is 5.75 Å². The molecule has 3 heteroatoms. The summed E-state index contributed by atoms with van der Waals surface area (Å²) in [4.78, 5) is 0. The van der Waals surface area contributed by atoms with Crippen molar-refractivity contribution in [3.05, 3.63) is 42.0 Å². The van der Waals surface area contributed by atoms with E-state index in [9.17, 15) is 0 Å². The Morgan fingerprint density at radius 2 is 1.88 bits per heavy atom. The van der Waals surface area contributed by atoms with E-state index in [2.05, 4.69) is 34.1 Å². The Morgan fingerprint density at radius 3 is 2.53 bits per heavy atom. The van der Waals surface area contributed by atoms with E-state index in [0.717, 1.165) is 16.6 Å². The molecule has 2 aromatic rings. The molecule has 0 aromatic heterocycles. The molecular formula is C14H15BrO2. The largest absolute Gasteiger partial charge is 0.496 e. The van der Waals surface area contributed by atoms with E-state index < -0.39 is 0 Å². The zero-order valence-electron chi connectivity index (χ0n) is 9.94. The number of alkyl halides is 1. The van der Waals surface area contributed by atoms with Gasteiger partial charge >= 0.3 is 0 Å². The van der Waals surface area contributed by atoms with Gasteiger partial charge in [0.15, 0.2) is 0 Å². The number of methoxy groups -OCH3 is 2. The number of hydrogen-bond donors (Lipinski definition) is 0. The second-order valence-corrected chi connectivity index (χ2v) is 4.43. The summed E-state index contributed by atoms with van der Waals surface area (Å²) in [5, 5.41) is 3.12. The Kier molecular flexibility index (Phi) is 4.02. The SMILES string of the molecule is COc1ccc2ccccc2c1C(CBr)OC. The second-order valence-electron chi connectivity index (χ2n) is 3.78. The predicted molar refractivity (Wildman–Crippen MR) is 74.0 cm³/mol. The topological polar surface area (TPSA) is 18.5 Å². The molecule has 0 heterocycles. The summed E-state index contributed by atoms with van der Waals surface area (Å²) in [5.74, 6) is 0.870. The highest BCUT2D eigenvalue weighted by molar-refractivity contribution is 9.09. The summed E-state index contributed by atoms with van der Waals surface area (Å²) in [6, 6.07) is 12.3. The van der Waals surface area contributed by atoms with Crippen molar-refractivity contribution in [1.29, 1.82) is 0 Å². The molecule has 1 unspecified atom stereocenters. The summed E-state index contributed by atoms with van der Waals surface area (Å²) < 4.78 is 10.9. The Balaban J connectivity index is 2.70. The first-order chi connectivity index (χ1) is 8.31. The van der Waals surface area contributed by atoms with Crippen LogP contribution in [0.1, 0.15) is 11.7 Å². The maximum Gasteiger partial charge on any atom is 0.125 e. The third-order valence-corrected chi connectivity index (χ3v) is 3.49. The van der Waals surface area contributed by atoms with Crippen molar-refractivity contribution < 1.29 is 9.47 Å². The number of halogens is 1. The molecule has 2 aromatic carbocycles. The van der Waals surface area contributed by atoms with Gasteiger partial charge in [-0.2, -0.15) is 0 Å². The molecule has 0 saturated carbocycles. The van der Waals surface area contributed by atoms with E-state index in [0.29, 0.717) is 0 Å². The lowest BCUT2D eigenvalue weighted by molar-refractivity contribution is 0.123. The Labute approximate surface area is 110 Å². The lowest BCUT2D eigenvalue weighted by Gasteiger charge is -2.18. The van der Waals surface area contributed by atoms with Gasteiger partial charge in [-0.05, 0) is 16.8 Å². The van der Waals surface area contributed by atoms with Crippen LogP contribution < -0.4 is 4.74 Å². The lowest BCUT2D eigenvalue weighted by atomic mass is 10.00. The van der Waals surface area contributed by atoms with Crippen molar-refractivity contribution in [3.8, 4) is 5.75 Å². The van der Waals surface area contributed by atoms with E-state index in [1.807, 2.05) is 18.2 Å². The van der Waals surface area contributed by atoms with Gasteiger partial charge in [0.25, 0.3) is 0 Å². The molecule has 90 valence electrons. The minimum absolute atomic E-state index is 0.00366. The van der Waals surface area contributed by atoms with Crippen LogP contribution in [0.2, 0.25) is 0 Å². The number of benzene rings is 2. The molecular weight excluding hydrogens is 280 g/mol. The summed E-state index contributed by atoms with van der Waals surface area (Å²) >= 11 is 3.48. The van der Waals surface area contributed by atoms with Crippen LogP contribution in [-0.4, -0.2) is 19.5 Å². The summed E-state index contributed by atoms with van der Waals surface area (Å²) in [6.45, 7) is 0. The minimum atomic E-state index is -0.00366. The van der Waals surface area contributed by atoms with Crippen LogP contribution in [0.3, 0.4) is 0 Å². The Hall–Kier alpha value is -1.06. The smallest absolute Gasteiger partial charge is 0.125 e. The van der Waals surface area contributed by atoms with Crippen LogP contribution in [0.5, 0.6) is 5.75 Å². The number of hydrogen-bond acceptors (Lipinski definition) is 2. The van der Waals surface area contributed by atoms with E-state index in [1.165, 1.54) is 10.8 Å². The van der Waals surface area contributed by atoms with Gasteiger partial charge in [-0.25, -0.2) is 0 Å². The van der Waals surface area contributed by atoms with E-state index >= 15 is 0 Å². The maximum absolute atomic E-state index is 5.51. The van der Waals surface area contributed by atoms with Gasteiger partial charge in [-0.3, -0.25) is 0 Å². The van der Waals surface area contributed by atoms with Crippen molar-refractivity contribution in [2.45, 2.75) is 6.10 Å². The fourth-order valence-electron chi connectivity index (χ4n) is 2.04. The molecule has 0 spiro atoms. The molecule has 0 aliphatic rings. The normalized spacial score (nSPS) is 12.6. The summed E-state index contributed by atoms with van der Waals surface area (Å²) in [5.41, 5.74) is 1.10. The van der Waals surface area contributed by atoms with Crippen LogP contribution in [-0.2, 0) is 4.74 Å². The zero-order chi connectivity index (χ0) is 12.3. The monoisotopic (exact) mass is 294 g/mol. The molecule has 0 radical (unpaired) electrons. The Bertz CT molecular complexity index is 507. The molecule has 0 N–H and O–H groups in total. The molecule has 0 aliphatic carbocycles. The summed E-state index contributed by atoms with van der Waals surface area (Å²) in [6.07, 6.45) is -0.00366. The van der Waals surface area contributed by atoms with Crippen LogP contribution in [0.25, 0.3) is 10.8 Å². The highest BCUT2D eigenvalue weighted by Crippen LogP contribution is 2.35. The van der Waals surface area contributed by atoms with Crippen LogP contribution in [0.15, 0.2) is 36.4 Å². The number of ether oxygens (including phenoxy) is 2. The fraction of sp³-hybridized carbons (Fsp3) is 0.286. The van der Waals surface area contributed by atoms with Crippen molar-refractivity contribution in [1.82, 2.24) is 0 Å². The molecule has 0 fully saturated rings. The first-order valence-corrected chi connectivity index (χ1v) is 6.58. The lowest BCUT2D eigenvalue weighted by Crippen LogP contribution is -2.05. The van der Waals surface area contributed by atoms with Crippen LogP contribution in [0.4, 0.5) is 0 Å². The molecule has 2 rings (SSSR count). The van der Waals surface area contributed by atoms with Gasteiger partial charge < -0.3 is 9.47 Å². The molecule has 2 nitrogen and oxygen atoms in total. The molecule has 17 heavy (non-hydrogen) atoms. The number of rotatable bonds is 4. The molecule has 0 saturated heterocycles. The first kappa shape index (κ1) is 12.4. The molecule has 0 amide bonds. The minimum Gasteiger partial charge on any atom is -0.496 e. The second kappa shape index (κ2) is 5.52. The molecule has 1 atom stereocenters. The zero-order valence-corrected chi connectivity index (χ0v) is 11.5. The third kappa shape index (κ3) is 2.31. The van der Waals surface area contributed by atoms with Crippen LogP contribution >= 0.6 is 15.9 Å². The van der Waals surface area contributed by atoms with E-state index in [4.69, 9.17) is 9.47 Å². The number of fused-ring (bicyclic) bond motifs is 1. The molecule has 0 bridgehead atoms. The predicted octanol–water partition coefficient (Wildman–Crippen LogP) is 3.93. The maximum atomic E-state index is 5.51. The fourth-order valence-corrected chi connectivity index (χ4v) is 2.63. The van der Waals surface area contributed by atoms with Gasteiger partial charge in [0, 0.05) is 18.0 Å². The average Bonchev–Trinajstić information content (AvgIpc) is 2.40. The van der Waals surface area contributed by atoms with Gasteiger partial charge in [-0.1, -0.05) is 46.3 Å². The van der Waals surface area contributed by atoms with E-state index in [-0.39, 0.29) is 6.10 Å². The first-order valence-electron chi connectivity index (χ1n) is 5.46. The van der Waals surface area contributed by atoms with Gasteiger partial charge in [-0.15, -0.1) is 0 Å². The Morgan fingerprint density at radius 1 is 1.12 bits per heavy atom. The van der Waals surface area contributed by atoms with Crippen molar-refractivity contribution in [2.24, 2.45) is 0 Å². The highest BCUT2D eigenvalue weighted by Gasteiger charge is 2.17. The summed E-state index contributed by atoms with van der Waals surface area (Å²) in [7, 11) is 3.40.